The summed E-state index contributed by atoms with van der Waals surface area (Å²) in [5.41, 5.74) is 2.08. The number of nitrogens with zero attached hydrogens (tertiary/aromatic N) is 3. The molecule has 1 aliphatic heterocycles. The molecule has 2 amide bonds. The predicted molar refractivity (Wildman–Crippen MR) is 90.8 cm³/mol. The first-order valence-electron chi connectivity index (χ1n) is 7.95. The number of benzene rings is 1. The van der Waals surface area contributed by atoms with E-state index in [2.05, 4.69) is 20.6 Å². The summed E-state index contributed by atoms with van der Waals surface area (Å²) in [6.45, 7) is 0.965. The number of ether oxygens (including phenoxy) is 1. The number of para-hydroxylation sites is 1. The Morgan fingerprint density at radius 3 is 2.96 bits per heavy atom. The standard InChI is InChI=1S/C17H23N5O2/c1-21(2)15(12-8-19-22(3)10-12)9-18-17(23)20-14-11-24-16-7-5-4-6-13(14)16/h4-8,10,14-15H,9,11H2,1-3H3,(H2,18,20,23)/t14-,15-/m1/s1. The fourth-order valence-electron chi connectivity index (χ4n) is 2.89. The van der Waals surface area contributed by atoms with Gasteiger partial charge >= 0.3 is 6.03 Å². The van der Waals surface area contributed by atoms with E-state index in [1.165, 1.54) is 0 Å². The quantitative estimate of drug-likeness (QED) is 0.871. The Hall–Kier alpha value is -2.54. The number of rotatable bonds is 5. The van der Waals surface area contributed by atoms with Crippen LogP contribution in [0.1, 0.15) is 23.2 Å². The number of likely N-dealkylation sites (N-methyl/N-ethyl adjacent to an activating group) is 1. The second kappa shape index (κ2) is 6.92. The molecule has 128 valence electrons. The van der Waals surface area contributed by atoms with Gasteiger partial charge in [0.25, 0.3) is 0 Å². The van der Waals surface area contributed by atoms with Crippen LogP contribution >= 0.6 is 0 Å². The first-order valence-corrected chi connectivity index (χ1v) is 7.95. The number of urea groups is 1. The van der Waals surface area contributed by atoms with Crippen LogP contribution in [0.2, 0.25) is 0 Å². The fraction of sp³-hybridized carbons (Fsp3) is 0.412. The average Bonchev–Trinajstić information content (AvgIpc) is 3.14. The van der Waals surface area contributed by atoms with Gasteiger partial charge in [-0.3, -0.25) is 4.68 Å². The Kier molecular flexibility index (Phi) is 4.71. The predicted octanol–water partition coefficient (Wildman–Crippen LogP) is 1.46. The topological polar surface area (TPSA) is 71.4 Å². The van der Waals surface area contributed by atoms with Crippen LogP contribution in [0.3, 0.4) is 0 Å². The van der Waals surface area contributed by atoms with Crippen molar-refractivity contribution >= 4 is 6.03 Å². The Labute approximate surface area is 141 Å². The summed E-state index contributed by atoms with van der Waals surface area (Å²) in [5, 5.41) is 10.1. The molecule has 24 heavy (non-hydrogen) atoms. The zero-order chi connectivity index (χ0) is 17.1. The first kappa shape index (κ1) is 16.3. The molecule has 0 saturated carbocycles. The summed E-state index contributed by atoms with van der Waals surface area (Å²) in [6.07, 6.45) is 3.79. The monoisotopic (exact) mass is 329 g/mol. The lowest BCUT2D eigenvalue weighted by Gasteiger charge is -2.24. The second-order valence-electron chi connectivity index (χ2n) is 6.18. The Morgan fingerprint density at radius 2 is 2.25 bits per heavy atom. The van der Waals surface area contributed by atoms with Crippen molar-refractivity contribution in [3.8, 4) is 5.75 Å². The minimum atomic E-state index is -0.198. The molecule has 2 aromatic rings. The highest BCUT2D eigenvalue weighted by molar-refractivity contribution is 5.74. The molecule has 0 fully saturated rings. The third kappa shape index (κ3) is 3.51. The van der Waals surface area contributed by atoms with Gasteiger partial charge in [0.1, 0.15) is 12.4 Å². The molecule has 0 spiro atoms. The molecule has 0 saturated heterocycles. The SMILES string of the molecule is CN(C)[C@H](CNC(=O)N[C@@H]1COc2ccccc21)c1cnn(C)c1. The van der Waals surface area contributed by atoms with Crippen LogP contribution in [-0.2, 0) is 7.05 Å². The molecule has 0 radical (unpaired) electrons. The van der Waals surface area contributed by atoms with Gasteiger partial charge in [0.2, 0.25) is 0 Å². The number of carbonyl (C=O) groups excluding carboxylic acids is 1. The van der Waals surface area contributed by atoms with Crippen LogP contribution in [-0.4, -0.2) is 48.0 Å². The molecular weight excluding hydrogens is 306 g/mol. The van der Waals surface area contributed by atoms with Crippen molar-refractivity contribution in [3.63, 3.8) is 0 Å². The average molecular weight is 329 g/mol. The molecule has 1 aromatic heterocycles. The molecule has 1 aromatic carbocycles. The molecule has 2 N–H and O–H groups in total. The lowest BCUT2D eigenvalue weighted by Crippen LogP contribution is -2.42. The van der Waals surface area contributed by atoms with Crippen LogP contribution in [0, 0.1) is 0 Å². The van der Waals surface area contributed by atoms with E-state index in [-0.39, 0.29) is 18.1 Å². The normalized spacial score (nSPS) is 17.2. The summed E-state index contributed by atoms with van der Waals surface area (Å²) >= 11 is 0. The maximum atomic E-state index is 12.3. The van der Waals surface area contributed by atoms with Gasteiger partial charge in [-0.05, 0) is 20.2 Å². The van der Waals surface area contributed by atoms with Crippen LogP contribution < -0.4 is 15.4 Å². The fourth-order valence-corrected chi connectivity index (χ4v) is 2.89. The van der Waals surface area contributed by atoms with E-state index in [1.807, 2.05) is 57.8 Å². The lowest BCUT2D eigenvalue weighted by molar-refractivity contribution is 0.225. The number of fused-ring (bicyclic) bond motifs is 1. The van der Waals surface area contributed by atoms with E-state index >= 15 is 0 Å². The van der Waals surface area contributed by atoms with Gasteiger partial charge in [-0.1, -0.05) is 18.2 Å². The number of amides is 2. The highest BCUT2D eigenvalue weighted by atomic mass is 16.5. The number of aryl methyl sites for hydroxylation is 1. The summed E-state index contributed by atoms with van der Waals surface area (Å²) in [7, 11) is 5.85. The van der Waals surface area contributed by atoms with E-state index in [1.54, 1.807) is 4.68 Å². The molecule has 1 aliphatic rings. The van der Waals surface area contributed by atoms with Crippen molar-refractivity contribution in [2.24, 2.45) is 7.05 Å². The Morgan fingerprint density at radius 1 is 1.46 bits per heavy atom. The van der Waals surface area contributed by atoms with Crippen LogP contribution in [0.15, 0.2) is 36.7 Å². The minimum absolute atomic E-state index is 0.0663. The van der Waals surface area contributed by atoms with Crippen molar-refractivity contribution < 1.29 is 9.53 Å². The molecule has 0 unspecified atom stereocenters. The van der Waals surface area contributed by atoms with E-state index in [0.29, 0.717) is 13.2 Å². The zero-order valence-corrected chi connectivity index (χ0v) is 14.2. The van der Waals surface area contributed by atoms with Gasteiger partial charge in [0, 0.05) is 30.9 Å². The molecule has 0 aliphatic carbocycles. The molecule has 2 atom stereocenters. The highest BCUT2D eigenvalue weighted by Crippen LogP contribution is 2.31. The molecule has 7 heteroatoms. The minimum Gasteiger partial charge on any atom is -0.491 e. The van der Waals surface area contributed by atoms with Gasteiger partial charge < -0.3 is 20.3 Å². The lowest BCUT2D eigenvalue weighted by atomic mass is 10.1. The zero-order valence-electron chi connectivity index (χ0n) is 14.2. The molecule has 2 heterocycles. The van der Waals surface area contributed by atoms with E-state index in [4.69, 9.17) is 4.74 Å². The van der Waals surface area contributed by atoms with Gasteiger partial charge in [-0.2, -0.15) is 5.10 Å². The van der Waals surface area contributed by atoms with Crippen LogP contribution in [0.5, 0.6) is 5.75 Å². The number of hydrogen-bond donors (Lipinski definition) is 2. The van der Waals surface area contributed by atoms with E-state index < -0.39 is 0 Å². The molecular formula is C17H23N5O2. The third-order valence-electron chi connectivity index (χ3n) is 4.19. The van der Waals surface area contributed by atoms with E-state index in [0.717, 1.165) is 16.9 Å². The van der Waals surface area contributed by atoms with Crippen LogP contribution in [0.4, 0.5) is 4.79 Å². The largest absolute Gasteiger partial charge is 0.491 e. The smallest absolute Gasteiger partial charge is 0.315 e. The molecule has 0 bridgehead atoms. The second-order valence-corrected chi connectivity index (χ2v) is 6.18. The van der Waals surface area contributed by atoms with Crippen molar-refractivity contribution in [1.82, 2.24) is 25.3 Å². The Balaban J connectivity index is 1.57. The number of aromatic nitrogens is 2. The van der Waals surface area contributed by atoms with E-state index in [9.17, 15) is 4.79 Å². The Bertz CT molecular complexity index is 713. The molecule has 7 nitrogen and oxygen atoms in total. The summed E-state index contributed by atoms with van der Waals surface area (Å²) in [6, 6.07) is 7.52. The summed E-state index contributed by atoms with van der Waals surface area (Å²) in [5.74, 6) is 0.837. The number of hydrogen-bond acceptors (Lipinski definition) is 4. The number of nitrogens with one attached hydrogen (secondary N) is 2. The van der Waals surface area contributed by atoms with Crippen molar-refractivity contribution in [1.29, 1.82) is 0 Å². The van der Waals surface area contributed by atoms with Gasteiger partial charge in [0.15, 0.2) is 0 Å². The first-order chi connectivity index (χ1) is 11.5. The van der Waals surface area contributed by atoms with Gasteiger partial charge in [0.05, 0.1) is 18.3 Å². The van der Waals surface area contributed by atoms with Gasteiger partial charge in [-0.15, -0.1) is 0 Å². The van der Waals surface area contributed by atoms with Crippen LogP contribution in [0.25, 0.3) is 0 Å². The summed E-state index contributed by atoms with van der Waals surface area (Å²) in [4.78, 5) is 14.3. The van der Waals surface area contributed by atoms with Crippen molar-refractivity contribution in [2.75, 3.05) is 27.2 Å². The molecule has 3 rings (SSSR count). The third-order valence-corrected chi connectivity index (χ3v) is 4.19. The maximum absolute atomic E-state index is 12.3. The van der Waals surface area contributed by atoms with Crippen molar-refractivity contribution in [3.05, 3.63) is 47.8 Å². The van der Waals surface area contributed by atoms with Gasteiger partial charge in [-0.25, -0.2) is 4.79 Å². The summed E-state index contributed by atoms with van der Waals surface area (Å²) < 4.78 is 7.35. The maximum Gasteiger partial charge on any atom is 0.315 e. The number of carbonyl (C=O) groups is 1. The highest BCUT2D eigenvalue weighted by Gasteiger charge is 2.25. The van der Waals surface area contributed by atoms with Crippen molar-refractivity contribution in [2.45, 2.75) is 12.1 Å².